The van der Waals surface area contributed by atoms with Gasteiger partial charge in [0, 0.05) is 5.69 Å². The first-order valence-corrected chi connectivity index (χ1v) is 6.77. The molecule has 1 saturated carbocycles. The molecule has 0 radical (unpaired) electrons. The lowest BCUT2D eigenvalue weighted by atomic mass is 9.97. The van der Waals surface area contributed by atoms with Crippen LogP contribution in [0.2, 0.25) is 0 Å². The molecule has 0 bridgehead atoms. The molecule has 1 fully saturated rings. The number of nitrogens with one attached hydrogen (secondary N) is 1. The summed E-state index contributed by atoms with van der Waals surface area (Å²) in [5.74, 6) is -0.724. The molecule has 0 aliphatic heterocycles. The number of aryl methyl sites for hydroxylation is 1. The van der Waals surface area contributed by atoms with Crippen LogP contribution in [0.1, 0.15) is 44.6 Å². The number of aliphatic carboxylic acids is 1. The van der Waals surface area contributed by atoms with Crippen LogP contribution in [0, 0.1) is 0 Å². The summed E-state index contributed by atoms with van der Waals surface area (Å²) in [4.78, 5) is 11.4. The minimum absolute atomic E-state index is 0.721. The highest BCUT2D eigenvalue weighted by molar-refractivity contribution is 5.83. The van der Waals surface area contributed by atoms with E-state index in [9.17, 15) is 9.90 Å². The van der Waals surface area contributed by atoms with Crippen molar-refractivity contribution in [2.24, 2.45) is 0 Å². The van der Waals surface area contributed by atoms with Gasteiger partial charge in [-0.05, 0) is 37.0 Å². The lowest BCUT2D eigenvalue weighted by molar-refractivity contribution is -0.142. The van der Waals surface area contributed by atoms with Crippen LogP contribution >= 0.6 is 0 Å². The van der Waals surface area contributed by atoms with Crippen molar-refractivity contribution >= 4 is 11.7 Å². The lowest BCUT2D eigenvalue weighted by Crippen LogP contribution is -2.43. The summed E-state index contributed by atoms with van der Waals surface area (Å²) in [5, 5.41) is 12.6. The number of rotatable bonds is 5. The molecular formula is C15H21NO2. The van der Waals surface area contributed by atoms with E-state index in [1.54, 1.807) is 0 Å². The Labute approximate surface area is 108 Å². The highest BCUT2D eigenvalue weighted by atomic mass is 16.4. The highest BCUT2D eigenvalue weighted by Crippen LogP contribution is 2.33. The third kappa shape index (κ3) is 2.66. The molecule has 0 atom stereocenters. The van der Waals surface area contributed by atoms with E-state index >= 15 is 0 Å². The molecule has 1 aliphatic rings. The normalized spacial score (nSPS) is 17.6. The fourth-order valence-corrected chi connectivity index (χ4v) is 2.69. The van der Waals surface area contributed by atoms with E-state index < -0.39 is 11.5 Å². The van der Waals surface area contributed by atoms with Crippen LogP contribution in [0.4, 0.5) is 5.69 Å². The molecule has 1 aliphatic carbocycles. The summed E-state index contributed by atoms with van der Waals surface area (Å²) < 4.78 is 0. The molecule has 0 aromatic heterocycles. The number of benzene rings is 1. The second-order valence-electron chi connectivity index (χ2n) is 5.17. The van der Waals surface area contributed by atoms with Crippen molar-refractivity contribution in [3.05, 3.63) is 29.8 Å². The lowest BCUT2D eigenvalue weighted by Gasteiger charge is -2.26. The second-order valence-corrected chi connectivity index (χ2v) is 5.17. The molecule has 3 nitrogen and oxygen atoms in total. The third-order valence-electron chi connectivity index (χ3n) is 3.74. The van der Waals surface area contributed by atoms with Crippen LogP contribution < -0.4 is 5.32 Å². The molecule has 2 rings (SSSR count). The van der Waals surface area contributed by atoms with Gasteiger partial charge in [0.1, 0.15) is 5.54 Å². The van der Waals surface area contributed by atoms with Crippen LogP contribution in [0.3, 0.4) is 0 Å². The van der Waals surface area contributed by atoms with Gasteiger partial charge in [0.25, 0.3) is 0 Å². The second kappa shape index (κ2) is 5.42. The van der Waals surface area contributed by atoms with Gasteiger partial charge in [0.05, 0.1) is 0 Å². The van der Waals surface area contributed by atoms with Crippen molar-refractivity contribution in [3.63, 3.8) is 0 Å². The summed E-state index contributed by atoms with van der Waals surface area (Å²) in [5.41, 5.74) is 1.48. The topological polar surface area (TPSA) is 49.3 Å². The maximum Gasteiger partial charge on any atom is 0.329 e. The zero-order chi connectivity index (χ0) is 13.0. The quantitative estimate of drug-likeness (QED) is 0.837. The van der Waals surface area contributed by atoms with E-state index in [1.165, 1.54) is 5.56 Å². The standard InChI is InChI=1S/C15H21NO2/c1-2-5-12-6-8-13(9-7-12)16-15(14(17)18)10-3-4-11-15/h6-9,16H,2-5,10-11H2,1H3,(H,17,18). The Bertz CT molecular complexity index is 405. The Morgan fingerprint density at radius 2 is 1.89 bits per heavy atom. The summed E-state index contributed by atoms with van der Waals surface area (Å²) >= 11 is 0. The van der Waals surface area contributed by atoms with Gasteiger partial charge in [-0.1, -0.05) is 38.3 Å². The van der Waals surface area contributed by atoms with Gasteiger partial charge < -0.3 is 10.4 Å². The number of carbonyl (C=O) groups is 1. The van der Waals surface area contributed by atoms with E-state index in [0.717, 1.165) is 44.2 Å². The monoisotopic (exact) mass is 247 g/mol. The van der Waals surface area contributed by atoms with Crippen molar-refractivity contribution in [2.45, 2.75) is 51.0 Å². The Kier molecular flexibility index (Phi) is 3.90. The van der Waals surface area contributed by atoms with Crippen molar-refractivity contribution in [1.29, 1.82) is 0 Å². The number of carboxylic acids is 1. The minimum atomic E-state index is -0.744. The van der Waals surface area contributed by atoms with Crippen LogP contribution in [-0.4, -0.2) is 16.6 Å². The summed E-state index contributed by atoms with van der Waals surface area (Å²) in [6, 6.07) is 8.15. The fraction of sp³-hybridized carbons (Fsp3) is 0.533. The number of hydrogen-bond donors (Lipinski definition) is 2. The largest absolute Gasteiger partial charge is 0.480 e. The zero-order valence-corrected chi connectivity index (χ0v) is 10.9. The Morgan fingerprint density at radius 1 is 1.28 bits per heavy atom. The van der Waals surface area contributed by atoms with Crippen molar-refractivity contribution < 1.29 is 9.90 Å². The Balaban J connectivity index is 2.10. The first-order valence-electron chi connectivity index (χ1n) is 6.77. The van der Waals surface area contributed by atoms with Gasteiger partial charge in [-0.15, -0.1) is 0 Å². The molecule has 18 heavy (non-hydrogen) atoms. The molecule has 0 spiro atoms. The van der Waals surface area contributed by atoms with Crippen molar-refractivity contribution in [1.82, 2.24) is 0 Å². The fourth-order valence-electron chi connectivity index (χ4n) is 2.69. The summed E-state index contributed by atoms with van der Waals surface area (Å²) in [6.45, 7) is 2.16. The van der Waals surface area contributed by atoms with E-state index in [2.05, 4.69) is 24.4 Å². The predicted octanol–water partition coefficient (Wildman–Crippen LogP) is 3.45. The van der Waals surface area contributed by atoms with Gasteiger partial charge in [0.15, 0.2) is 0 Å². The van der Waals surface area contributed by atoms with Gasteiger partial charge in [0.2, 0.25) is 0 Å². The van der Waals surface area contributed by atoms with Gasteiger partial charge in [-0.2, -0.15) is 0 Å². The molecule has 1 aromatic carbocycles. The predicted molar refractivity (Wildman–Crippen MR) is 72.9 cm³/mol. The van der Waals surface area contributed by atoms with Gasteiger partial charge in [-0.25, -0.2) is 4.79 Å². The van der Waals surface area contributed by atoms with Crippen molar-refractivity contribution in [3.8, 4) is 0 Å². The minimum Gasteiger partial charge on any atom is -0.480 e. The summed E-state index contributed by atoms with van der Waals surface area (Å²) in [7, 11) is 0. The molecule has 0 heterocycles. The van der Waals surface area contributed by atoms with E-state index in [4.69, 9.17) is 0 Å². The molecule has 0 amide bonds. The van der Waals surface area contributed by atoms with Gasteiger partial charge >= 0.3 is 5.97 Å². The first-order chi connectivity index (χ1) is 8.66. The zero-order valence-electron chi connectivity index (χ0n) is 10.9. The Morgan fingerprint density at radius 3 is 2.39 bits per heavy atom. The average molecular weight is 247 g/mol. The van der Waals surface area contributed by atoms with Crippen LogP contribution in [0.15, 0.2) is 24.3 Å². The molecule has 0 unspecified atom stereocenters. The first kappa shape index (κ1) is 12.9. The molecule has 1 aromatic rings. The van der Waals surface area contributed by atoms with E-state index in [1.807, 2.05) is 12.1 Å². The maximum absolute atomic E-state index is 11.4. The van der Waals surface area contributed by atoms with Crippen molar-refractivity contribution in [2.75, 3.05) is 5.32 Å². The molecule has 0 saturated heterocycles. The molecular weight excluding hydrogens is 226 g/mol. The molecule has 98 valence electrons. The Hall–Kier alpha value is -1.51. The SMILES string of the molecule is CCCc1ccc(NC2(C(=O)O)CCCC2)cc1. The number of hydrogen-bond acceptors (Lipinski definition) is 2. The summed E-state index contributed by atoms with van der Waals surface area (Å²) in [6.07, 6.45) is 5.63. The maximum atomic E-state index is 11.4. The highest BCUT2D eigenvalue weighted by Gasteiger charge is 2.41. The third-order valence-corrected chi connectivity index (χ3v) is 3.74. The van der Waals surface area contributed by atoms with Gasteiger partial charge in [-0.3, -0.25) is 0 Å². The molecule has 3 heteroatoms. The number of carboxylic acid groups (broad SMARTS) is 1. The van der Waals surface area contributed by atoms with E-state index in [0.29, 0.717) is 0 Å². The average Bonchev–Trinajstić information content (AvgIpc) is 2.82. The van der Waals surface area contributed by atoms with Crippen LogP contribution in [0.5, 0.6) is 0 Å². The van der Waals surface area contributed by atoms with Crippen LogP contribution in [0.25, 0.3) is 0 Å². The molecule has 2 N–H and O–H groups in total. The van der Waals surface area contributed by atoms with E-state index in [-0.39, 0.29) is 0 Å². The smallest absolute Gasteiger partial charge is 0.329 e. The number of anilines is 1. The van der Waals surface area contributed by atoms with Crippen LogP contribution in [-0.2, 0) is 11.2 Å².